The lowest BCUT2D eigenvalue weighted by Crippen LogP contribution is -1.92. The fourth-order valence-corrected chi connectivity index (χ4v) is 1.71. The minimum Gasteiger partial charge on any atom is -0.497 e. The molecule has 0 unspecified atom stereocenters. The van der Waals surface area contributed by atoms with E-state index < -0.39 is 0 Å². The van der Waals surface area contributed by atoms with Gasteiger partial charge in [-0.2, -0.15) is 0 Å². The Morgan fingerprint density at radius 3 is 2.78 bits per heavy atom. The summed E-state index contributed by atoms with van der Waals surface area (Å²) in [4.78, 5) is 4.21. The molecule has 0 aliphatic carbocycles. The van der Waals surface area contributed by atoms with Gasteiger partial charge in [-0.1, -0.05) is 0 Å². The highest BCUT2D eigenvalue weighted by Crippen LogP contribution is 2.19. The lowest BCUT2D eigenvalue weighted by Gasteiger charge is -2.03. The molecule has 2 aromatic heterocycles. The predicted molar refractivity (Wildman–Crippen MR) is 69.3 cm³/mol. The van der Waals surface area contributed by atoms with Gasteiger partial charge in [-0.15, -0.1) is 5.10 Å². The summed E-state index contributed by atoms with van der Waals surface area (Å²) in [5.74, 6) is 1.59. The van der Waals surface area contributed by atoms with E-state index in [0.717, 1.165) is 22.9 Å². The fraction of sp³-hybridized carbons (Fsp3) is 0.0769. The summed E-state index contributed by atoms with van der Waals surface area (Å²) < 4.78 is 6.84. The van der Waals surface area contributed by atoms with Gasteiger partial charge in [0.05, 0.1) is 7.11 Å². The number of hydrogen-bond acceptors (Lipinski definition) is 4. The van der Waals surface area contributed by atoms with E-state index in [2.05, 4.69) is 15.4 Å². The molecule has 2 heterocycles. The van der Waals surface area contributed by atoms with Gasteiger partial charge in [-0.25, -0.2) is 9.50 Å². The molecule has 0 aliphatic rings. The number of ether oxygens (including phenoxy) is 1. The first-order chi connectivity index (χ1) is 8.85. The van der Waals surface area contributed by atoms with Gasteiger partial charge in [0, 0.05) is 24.1 Å². The second-order valence-electron chi connectivity index (χ2n) is 3.81. The molecule has 0 spiro atoms. The molecule has 0 amide bonds. The van der Waals surface area contributed by atoms with E-state index >= 15 is 0 Å². The average molecular weight is 240 g/mol. The Kier molecular flexibility index (Phi) is 2.57. The van der Waals surface area contributed by atoms with Crippen molar-refractivity contribution in [3.8, 4) is 5.75 Å². The van der Waals surface area contributed by atoms with E-state index in [1.807, 2.05) is 42.6 Å². The van der Waals surface area contributed by atoms with Crippen LogP contribution in [0.1, 0.15) is 0 Å². The second kappa shape index (κ2) is 4.37. The van der Waals surface area contributed by atoms with Gasteiger partial charge in [0.25, 0.3) is 0 Å². The van der Waals surface area contributed by atoms with Gasteiger partial charge in [0.2, 0.25) is 0 Å². The Morgan fingerprint density at radius 2 is 2.06 bits per heavy atom. The van der Waals surface area contributed by atoms with Crippen LogP contribution in [-0.2, 0) is 0 Å². The number of nitrogens with zero attached hydrogens (tertiary/aromatic N) is 3. The van der Waals surface area contributed by atoms with Crippen molar-refractivity contribution in [1.29, 1.82) is 0 Å². The Hall–Kier alpha value is -2.56. The van der Waals surface area contributed by atoms with Crippen molar-refractivity contribution in [1.82, 2.24) is 14.6 Å². The summed E-state index contributed by atoms with van der Waals surface area (Å²) >= 11 is 0. The zero-order valence-electron chi connectivity index (χ0n) is 9.87. The number of anilines is 2. The molecule has 90 valence electrons. The van der Waals surface area contributed by atoms with Crippen LogP contribution < -0.4 is 10.1 Å². The molecule has 0 atom stereocenters. The van der Waals surface area contributed by atoms with E-state index in [-0.39, 0.29) is 0 Å². The zero-order valence-corrected chi connectivity index (χ0v) is 9.87. The van der Waals surface area contributed by atoms with Crippen LogP contribution in [0.3, 0.4) is 0 Å². The topological polar surface area (TPSA) is 51.5 Å². The van der Waals surface area contributed by atoms with Crippen molar-refractivity contribution in [2.24, 2.45) is 0 Å². The molecular weight excluding hydrogens is 228 g/mol. The summed E-state index contributed by atoms with van der Waals surface area (Å²) in [5, 5.41) is 7.58. The van der Waals surface area contributed by atoms with E-state index in [0.29, 0.717) is 0 Å². The molecule has 1 N–H and O–H groups in total. The van der Waals surface area contributed by atoms with Crippen molar-refractivity contribution < 1.29 is 4.74 Å². The van der Waals surface area contributed by atoms with Crippen LogP contribution in [0, 0.1) is 0 Å². The Balaban J connectivity index is 1.86. The van der Waals surface area contributed by atoms with Crippen LogP contribution >= 0.6 is 0 Å². The number of rotatable bonds is 3. The molecule has 3 rings (SSSR count). The maximum atomic E-state index is 5.11. The van der Waals surface area contributed by atoms with Gasteiger partial charge in [0.15, 0.2) is 11.5 Å². The van der Waals surface area contributed by atoms with Gasteiger partial charge in [0.1, 0.15) is 5.75 Å². The Bertz CT molecular complexity index is 627. The van der Waals surface area contributed by atoms with Crippen LogP contribution in [0.2, 0.25) is 0 Å². The van der Waals surface area contributed by atoms with Crippen LogP contribution in [0.25, 0.3) is 5.65 Å². The van der Waals surface area contributed by atoms with E-state index in [9.17, 15) is 0 Å². The van der Waals surface area contributed by atoms with Crippen molar-refractivity contribution in [2.45, 2.75) is 0 Å². The normalized spacial score (nSPS) is 10.5. The van der Waals surface area contributed by atoms with Crippen molar-refractivity contribution in [3.63, 3.8) is 0 Å². The summed E-state index contributed by atoms with van der Waals surface area (Å²) in [5.41, 5.74) is 1.77. The average Bonchev–Trinajstić information content (AvgIpc) is 2.82. The second-order valence-corrected chi connectivity index (χ2v) is 3.81. The Morgan fingerprint density at radius 1 is 1.22 bits per heavy atom. The monoisotopic (exact) mass is 240 g/mol. The summed E-state index contributed by atoms with van der Waals surface area (Å²) in [6, 6.07) is 11.4. The molecule has 0 radical (unpaired) electrons. The third-order valence-corrected chi connectivity index (χ3v) is 2.60. The van der Waals surface area contributed by atoms with Crippen molar-refractivity contribution in [3.05, 3.63) is 48.8 Å². The standard InChI is InChI=1S/C13H12N4O/c1-18-11-5-3-10(4-6-11)15-12-9-13-14-7-2-8-17(13)16-12/h2-9H,1H3,(H,15,16). The number of hydrogen-bond donors (Lipinski definition) is 1. The molecule has 3 aromatic rings. The summed E-state index contributed by atoms with van der Waals surface area (Å²) in [6.07, 6.45) is 3.61. The van der Waals surface area contributed by atoms with Gasteiger partial charge < -0.3 is 10.1 Å². The number of benzene rings is 1. The number of methoxy groups -OCH3 is 1. The van der Waals surface area contributed by atoms with Gasteiger partial charge in [-0.05, 0) is 30.3 Å². The molecular formula is C13H12N4O. The van der Waals surface area contributed by atoms with Crippen LogP contribution in [0.4, 0.5) is 11.5 Å². The fourth-order valence-electron chi connectivity index (χ4n) is 1.71. The third kappa shape index (κ3) is 1.98. The molecule has 0 fully saturated rings. The molecule has 0 saturated carbocycles. The van der Waals surface area contributed by atoms with E-state index in [1.165, 1.54) is 0 Å². The molecule has 1 aromatic carbocycles. The Labute approximate surface area is 104 Å². The molecule has 5 nitrogen and oxygen atoms in total. The van der Waals surface area contributed by atoms with Crippen LogP contribution in [-0.4, -0.2) is 21.7 Å². The molecule has 18 heavy (non-hydrogen) atoms. The van der Waals surface area contributed by atoms with Crippen molar-refractivity contribution in [2.75, 3.05) is 12.4 Å². The number of aromatic nitrogens is 3. The van der Waals surface area contributed by atoms with Gasteiger partial charge in [-0.3, -0.25) is 0 Å². The maximum Gasteiger partial charge on any atom is 0.157 e. The lowest BCUT2D eigenvalue weighted by molar-refractivity contribution is 0.415. The number of nitrogens with one attached hydrogen (secondary N) is 1. The minimum absolute atomic E-state index is 0.763. The largest absolute Gasteiger partial charge is 0.497 e. The first-order valence-electron chi connectivity index (χ1n) is 5.56. The molecule has 0 aliphatic heterocycles. The molecule has 0 bridgehead atoms. The molecule has 0 saturated heterocycles. The number of fused-ring (bicyclic) bond motifs is 1. The zero-order chi connectivity index (χ0) is 12.4. The summed E-state index contributed by atoms with van der Waals surface area (Å²) in [7, 11) is 1.65. The van der Waals surface area contributed by atoms with Crippen molar-refractivity contribution >= 4 is 17.2 Å². The highest BCUT2D eigenvalue weighted by Gasteiger charge is 2.02. The highest BCUT2D eigenvalue weighted by atomic mass is 16.5. The lowest BCUT2D eigenvalue weighted by atomic mass is 10.3. The smallest absolute Gasteiger partial charge is 0.157 e. The molecule has 5 heteroatoms. The maximum absolute atomic E-state index is 5.11. The first kappa shape index (κ1) is 10.6. The van der Waals surface area contributed by atoms with E-state index in [1.54, 1.807) is 17.8 Å². The highest BCUT2D eigenvalue weighted by molar-refractivity contribution is 5.61. The van der Waals surface area contributed by atoms with Crippen LogP contribution in [0.5, 0.6) is 5.75 Å². The van der Waals surface area contributed by atoms with Gasteiger partial charge >= 0.3 is 0 Å². The van der Waals surface area contributed by atoms with Crippen LogP contribution in [0.15, 0.2) is 48.8 Å². The predicted octanol–water partition coefficient (Wildman–Crippen LogP) is 2.48. The SMILES string of the molecule is COc1ccc(Nc2cc3ncccn3n2)cc1. The minimum atomic E-state index is 0.763. The third-order valence-electron chi connectivity index (χ3n) is 2.60. The quantitative estimate of drug-likeness (QED) is 0.764. The first-order valence-corrected chi connectivity index (χ1v) is 5.56. The van der Waals surface area contributed by atoms with E-state index in [4.69, 9.17) is 4.74 Å². The summed E-state index contributed by atoms with van der Waals surface area (Å²) in [6.45, 7) is 0.